The van der Waals surface area contributed by atoms with Crippen LogP contribution >= 0.6 is 0 Å². The van der Waals surface area contributed by atoms with Crippen molar-refractivity contribution in [1.82, 2.24) is 0 Å². The number of aliphatic hydroxyl groups is 1. The third kappa shape index (κ3) is 25.6. The van der Waals surface area contributed by atoms with Gasteiger partial charge in [0.05, 0.1) is 21.1 Å². The topological polar surface area (TPSA) is 60.4 Å². The quantitative estimate of drug-likeness (QED) is 0.742. The molecule has 1 atom stereocenters. The molecule has 0 aliphatic rings. The van der Waals surface area contributed by atoms with Crippen molar-refractivity contribution in [2.24, 2.45) is 5.41 Å². The van der Waals surface area contributed by atoms with Gasteiger partial charge < -0.3 is 19.5 Å². The molecule has 0 saturated heterocycles. The molecule has 4 nitrogen and oxygen atoms in total. The summed E-state index contributed by atoms with van der Waals surface area (Å²) in [4.78, 5) is 9.93. The van der Waals surface area contributed by atoms with Crippen LogP contribution in [-0.4, -0.2) is 49.4 Å². The van der Waals surface area contributed by atoms with Crippen LogP contribution in [0.4, 0.5) is 0 Å². The minimum absolute atomic E-state index is 0.111. The summed E-state index contributed by atoms with van der Waals surface area (Å²) in [6.45, 7) is 8.66. The van der Waals surface area contributed by atoms with Gasteiger partial charge in [0.25, 0.3) is 0 Å². The molecule has 1 N–H and O–H groups in total. The van der Waals surface area contributed by atoms with E-state index in [0.717, 1.165) is 11.0 Å². The van der Waals surface area contributed by atoms with E-state index in [1.807, 2.05) is 27.7 Å². The fourth-order valence-electron chi connectivity index (χ4n) is 1.27. The van der Waals surface area contributed by atoms with Crippen LogP contribution in [0.15, 0.2) is 0 Å². The summed E-state index contributed by atoms with van der Waals surface area (Å²) in [5.74, 6) is -0.954. The van der Waals surface area contributed by atoms with Crippen molar-refractivity contribution >= 4 is 5.97 Å². The largest absolute Gasteiger partial charge is 0.550 e. The number of likely N-dealkylation sites (N-methyl/N-ethyl adjacent to an activating group) is 1. The zero-order valence-corrected chi connectivity index (χ0v) is 12.4. The number of carboxylic acid groups (broad SMARTS) is 1. The van der Waals surface area contributed by atoms with Crippen molar-refractivity contribution in [3.63, 3.8) is 0 Å². The SMILES string of the molecule is CC(C)(C)CCC(=O)[O-].CC(O)C[N+](C)(C)C. The number of hydrogen-bond acceptors (Lipinski definition) is 3. The Morgan fingerprint density at radius 2 is 1.71 bits per heavy atom. The summed E-state index contributed by atoms with van der Waals surface area (Å²) in [6, 6.07) is 0. The average Bonchev–Trinajstić information content (AvgIpc) is 1.95. The molecule has 1 unspecified atom stereocenters. The monoisotopic (exact) mass is 247 g/mol. The summed E-state index contributed by atoms with van der Waals surface area (Å²) in [5, 5.41) is 18.8. The summed E-state index contributed by atoms with van der Waals surface area (Å²) < 4.78 is 0.831. The van der Waals surface area contributed by atoms with E-state index in [9.17, 15) is 9.90 Å². The second-order valence-electron chi connectivity index (χ2n) is 6.75. The Bertz CT molecular complexity index is 212. The zero-order valence-electron chi connectivity index (χ0n) is 12.4. The Labute approximate surface area is 106 Å². The van der Waals surface area contributed by atoms with Crippen molar-refractivity contribution in [2.75, 3.05) is 27.7 Å². The second kappa shape index (κ2) is 7.67. The number of carbonyl (C=O) groups is 1. The van der Waals surface area contributed by atoms with E-state index >= 15 is 0 Å². The maximum absolute atomic E-state index is 9.93. The lowest BCUT2D eigenvalue weighted by Crippen LogP contribution is -2.40. The van der Waals surface area contributed by atoms with E-state index < -0.39 is 5.97 Å². The Hall–Kier alpha value is -0.610. The van der Waals surface area contributed by atoms with E-state index in [1.165, 1.54) is 0 Å². The molecule has 17 heavy (non-hydrogen) atoms. The van der Waals surface area contributed by atoms with Gasteiger partial charge in [0.15, 0.2) is 0 Å². The van der Waals surface area contributed by atoms with Crippen LogP contribution in [0, 0.1) is 5.41 Å². The lowest BCUT2D eigenvalue weighted by atomic mass is 9.91. The highest BCUT2D eigenvalue weighted by Gasteiger charge is 2.09. The van der Waals surface area contributed by atoms with E-state index in [1.54, 1.807) is 0 Å². The lowest BCUT2D eigenvalue weighted by molar-refractivity contribution is -0.873. The van der Waals surface area contributed by atoms with Gasteiger partial charge in [0.2, 0.25) is 0 Å². The normalized spacial score (nSPS) is 13.6. The molecule has 0 heterocycles. The van der Waals surface area contributed by atoms with Gasteiger partial charge in [-0.2, -0.15) is 0 Å². The first kappa shape index (κ1) is 18.7. The van der Waals surface area contributed by atoms with Gasteiger partial charge in [-0.25, -0.2) is 0 Å². The third-order valence-electron chi connectivity index (χ3n) is 1.89. The van der Waals surface area contributed by atoms with Crippen molar-refractivity contribution in [3.8, 4) is 0 Å². The van der Waals surface area contributed by atoms with Gasteiger partial charge in [-0.3, -0.25) is 0 Å². The van der Waals surface area contributed by atoms with Crippen LogP contribution in [0.1, 0.15) is 40.5 Å². The van der Waals surface area contributed by atoms with Crippen LogP contribution < -0.4 is 5.11 Å². The van der Waals surface area contributed by atoms with Crippen LogP contribution in [-0.2, 0) is 4.79 Å². The van der Waals surface area contributed by atoms with Gasteiger partial charge in [0.1, 0.15) is 12.6 Å². The van der Waals surface area contributed by atoms with E-state index in [4.69, 9.17) is 5.11 Å². The number of aliphatic carboxylic acids is 1. The molecular formula is C13H29NO3. The number of hydrogen-bond donors (Lipinski definition) is 1. The number of aliphatic hydroxyl groups excluding tert-OH is 1. The molecule has 0 radical (unpaired) electrons. The fraction of sp³-hybridized carbons (Fsp3) is 0.923. The standard InChI is InChI=1S/C7H14O2.C6H16NO/c1-7(2,3)5-4-6(8)9;1-6(8)5-7(2,3)4/h4-5H2,1-3H3,(H,8,9);6,8H,5H2,1-4H3/q;+1/p-1. The summed E-state index contributed by atoms with van der Waals surface area (Å²) >= 11 is 0. The van der Waals surface area contributed by atoms with Crippen LogP contribution in [0.5, 0.6) is 0 Å². The van der Waals surface area contributed by atoms with Crippen molar-refractivity contribution in [3.05, 3.63) is 0 Å². The Morgan fingerprint density at radius 1 is 1.29 bits per heavy atom. The number of rotatable bonds is 4. The highest BCUT2D eigenvalue weighted by molar-refractivity contribution is 5.64. The third-order valence-corrected chi connectivity index (χ3v) is 1.89. The van der Waals surface area contributed by atoms with Gasteiger partial charge in [-0.1, -0.05) is 20.8 Å². The van der Waals surface area contributed by atoms with Crippen LogP contribution in [0.2, 0.25) is 0 Å². The molecule has 0 amide bonds. The molecule has 0 bridgehead atoms. The molecule has 0 aromatic heterocycles. The van der Waals surface area contributed by atoms with Gasteiger partial charge >= 0.3 is 0 Å². The van der Waals surface area contributed by atoms with E-state index in [2.05, 4.69) is 21.1 Å². The minimum Gasteiger partial charge on any atom is -0.550 e. The van der Waals surface area contributed by atoms with E-state index in [0.29, 0.717) is 6.42 Å². The highest BCUT2D eigenvalue weighted by atomic mass is 16.4. The molecule has 0 rings (SSSR count). The molecule has 0 aromatic carbocycles. The molecule has 4 heteroatoms. The van der Waals surface area contributed by atoms with E-state index in [-0.39, 0.29) is 17.9 Å². The van der Waals surface area contributed by atoms with Gasteiger partial charge in [-0.05, 0) is 25.2 Å². The Kier molecular flexibility index (Phi) is 8.45. The lowest BCUT2D eigenvalue weighted by Gasteiger charge is -2.24. The Balaban J connectivity index is 0. The number of carboxylic acids is 1. The summed E-state index contributed by atoms with van der Waals surface area (Å²) in [6.07, 6.45) is 0.675. The van der Waals surface area contributed by atoms with Crippen molar-refractivity contribution in [2.45, 2.75) is 46.6 Å². The maximum atomic E-state index is 9.93. The first-order valence-electron chi connectivity index (χ1n) is 6.02. The summed E-state index contributed by atoms with van der Waals surface area (Å²) in [5.41, 5.74) is 0.111. The smallest absolute Gasteiger partial charge is 0.104 e. The number of nitrogens with zero attached hydrogens (tertiary/aromatic N) is 1. The fourth-order valence-corrected chi connectivity index (χ4v) is 1.27. The second-order valence-corrected chi connectivity index (χ2v) is 6.75. The molecule has 0 spiro atoms. The first-order valence-corrected chi connectivity index (χ1v) is 6.02. The van der Waals surface area contributed by atoms with Gasteiger partial charge in [-0.15, -0.1) is 0 Å². The molecule has 104 valence electrons. The minimum atomic E-state index is -0.954. The predicted octanol–water partition coefficient (Wildman–Crippen LogP) is 0.636. The maximum Gasteiger partial charge on any atom is 0.104 e. The van der Waals surface area contributed by atoms with Crippen molar-refractivity contribution < 1.29 is 19.5 Å². The summed E-state index contributed by atoms with van der Waals surface area (Å²) in [7, 11) is 6.19. The number of quaternary nitrogens is 1. The average molecular weight is 247 g/mol. The molecule has 0 fully saturated rings. The molecule has 0 aliphatic heterocycles. The van der Waals surface area contributed by atoms with Gasteiger partial charge in [0, 0.05) is 5.97 Å². The van der Waals surface area contributed by atoms with Crippen LogP contribution in [0.25, 0.3) is 0 Å². The zero-order chi connectivity index (χ0) is 14.3. The first-order chi connectivity index (χ1) is 7.33. The molecule has 0 aromatic rings. The molecular weight excluding hydrogens is 218 g/mol. The predicted molar refractivity (Wildman–Crippen MR) is 68.3 cm³/mol. The van der Waals surface area contributed by atoms with Crippen LogP contribution in [0.3, 0.4) is 0 Å². The Morgan fingerprint density at radius 3 is 1.76 bits per heavy atom. The molecule has 0 saturated carbocycles. The molecule has 0 aliphatic carbocycles. The highest BCUT2D eigenvalue weighted by Crippen LogP contribution is 2.19. The van der Waals surface area contributed by atoms with Crippen molar-refractivity contribution in [1.29, 1.82) is 0 Å². The number of carbonyl (C=O) groups excluding carboxylic acids is 1.